The van der Waals surface area contributed by atoms with Gasteiger partial charge in [-0.05, 0) is 92.0 Å². The van der Waals surface area contributed by atoms with E-state index in [0.29, 0.717) is 21.3 Å². The molecular formula is C22H12Br2Cl2N2O4S. The summed E-state index contributed by atoms with van der Waals surface area (Å²) in [6.45, 7) is 0. The molecule has 0 fully saturated rings. The summed E-state index contributed by atoms with van der Waals surface area (Å²) in [6, 6.07) is 17.0. The second-order valence-electron chi connectivity index (χ2n) is 6.41. The van der Waals surface area contributed by atoms with Crippen molar-refractivity contribution in [2.45, 2.75) is 4.90 Å². The van der Waals surface area contributed by atoms with Gasteiger partial charge >= 0.3 is 10.1 Å². The van der Waals surface area contributed by atoms with Gasteiger partial charge < -0.3 is 9.50 Å². The average Bonchev–Trinajstić information content (AvgIpc) is 2.76. The number of carbonyl (C=O) groups is 1. The summed E-state index contributed by atoms with van der Waals surface area (Å²) >= 11 is 18.4. The summed E-state index contributed by atoms with van der Waals surface area (Å²) in [5, 5.41) is 12.7. The van der Waals surface area contributed by atoms with Gasteiger partial charge in [-0.3, -0.25) is 4.79 Å². The van der Waals surface area contributed by atoms with Crippen LogP contribution in [0, 0.1) is 11.3 Å². The maximum absolute atomic E-state index is 12.6. The molecule has 0 unspecified atom stereocenters. The van der Waals surface area contributed by atoms with Crippen LogP contribution in [-0.4, -0.2) is 14.3 Å². The van der Waals surface area contributed by atoms with Crippen LogP contribution in [0.5, 0.6) is 5.75 Å². The third kappa shape index (κ3) is 6.37. The molecule has 11 heteroatoms. The summed E-state index contributed by atoms with van der Waals surface area (Å²) in [7, 11) is -4.13. The summed E-state index contributed by atoms with van der Waals surface area (Å²) < 4.78 is 31.0. The fourth-order valence-electron chi connectivity index (χ4n) is 2.57. The standard InChI is InChI=1S/C22H12Br2Cl2N2O4S/c23-17-10-13(9-14(12-27)22(29)28-20-4-2-1-3-19(20)26)11-18(24)21(17)32-33(30,31)16-7-5-15(25)6-8-16/h1-11H,(H,28,29)/b14-9+. The molecule has 3 rings (SSSR count). The number of halogens is 4. The molecule has 0 bridgehead atoms. The monoisotopic (exact) mass is 628 g/mol. The molecule has 1 amide bonds. The normalized spacial score (nSPS) is 11.5. The Morgan fingerprint density at radius 3 is 2.21 bits per heavy atom. The van der Waals surface area contributed by atoms with Crippen LogP contribution < -0.4 is 9.50 Å². The van der Waals surface area contributed by atoms with Gasteiger partial charge in [0.15, 0.2) is 5.75 Å². The van der Waals surface area contributed by atoms with Crippen LogP contribution in [0.15, 0.2) is 80.1 Å². The van der Waals surface area contributed by atoms with Gasteiger partial charge in [0.2, 0.25) is 0 Å². The Morgan fingerprint density at radius 2 is 1.64 bits per heavy atom. The second kappa shape index (κ2) is 10.7. The summed E-state index contributed by atoms with van der Waals surface area (Å²) in [5.41, 5.74) is 0.621. The zero-order valence-corrected chi connectivity index (χ0v) is 21.9. The van der Waals surface area contributed by atoms with Crippen molar-refractivity contribution in [2.24, 2.45) is 0 Å². The van der Waals surface area contributed by atoms with Crippen LogP contribution in [-0.2, 0) is 14.9 Å². The Morgan fingerprint density at radius 1 is 1.03 bits per heavy atom. The van der Waals surface area contributed by atoms with Crippen molar-refractivity contribution in [2.75, 3.05) is 5.32 Å². The number of hydrogen-bond donors (Lipinski definition) is 1. The third-order valence-corrected chi connectivity index (χ3v) is 7.11. The number of nitrogens with one attached hydrogen (secondary N) is 1. The zero-order chi connectivity index (χ0) is 24.2. The van der Waals surface area contributed by atoms with Crippen LogP contribution in [0.3, 0.4) is 0 Å². The topological polar surface area (TPSA) is 96.3 Å². The number of amides is 1. The lowest BCUT2D eigenvalue weighted by Crippen LogP contribution is -2.13. The Hall–Kier alpha value is -2.35. The van der Waals surface area contributed by atoms with E-state index in [0.717, 1.165) is 0 Å². The number of para-hydroxylation sites is 1. The van der Waals surface area contributed by atoms with E-state index in [2.05, 4.69) is 37.2 Å². The molecule has 0 saturated carbocycles. The molecule has 1 N–H and O–H groups in total. The van der Waals surface area contributed by atoms with Crippen LogP contribution in [0.4, 0.5) is 5.69 Å². The molecule has 168 valence electrons. The second-order valence-corrected chi connectivity index (χ2v) is 10.5. The highest BCUT2D eigenvalue weighted by Crippen LogP contribution is 2.37. The van der Waals surface area contributed by atoms with Gasteiger partial charge in [-0.25, -0.2) is 0 Å². The highest BCUT2D eigenvalue weighted by molar-refractivity contribution is 9.11. The molecule has 0 radical (unpaired) electrons. The van der Waals surface area contributed by atoms with Gasteiger partial charge in [0, 0.05) is 5.02 Å². The smallest absolute Gasteiger partial charge is 0.339 e. The van der Waals surface area contributed by atoms with Crippen molar-refractivity contribution < 1.29 is 17.4 Å². The molecule has 0 saturated heterocycles. The third-order valence-electron chi connectivity index (χ3n) is 4.11. The predicted molar refractivity (Wildman–Crippen MR) is 135 cm³/mol. The van der Waals surface area contributed by atoms with E-state index in [1.54, 1.807) is 24.3 Å². The minimum Gasteiger partial charge on any atom is -0.377 e. The number of anilines is 1. The van der Waals surface area contributed by atoms with E-state index in [-0.39, 0.29) is 25.2 Å². The fourth-order valence-corrected chi connectivity index (χ4v) is 5.44. The number of carbonyl (C=O) groups excluding carboxylic acids is 1. The van der Waals surface area contributed by atoms with Crippen molar-refractivity contribution in [1.29, 1.82) is 5.26 Å². The van der Waals surface area contributed by atoms with Crippen molar-refractivity contribution in [1.82, 2.24) is 0 Å². The molecule has 0 heterocycles. The largest absolute Gasteiger partial charge is 0.377 e. The Kier molecular flexibility index (Phi) is 8.21. The van der Waals surface area contributed by atoms with Crippen LogP contribution in [0.1, 0.15) is 5.56 Å². The molecule has 0 atom stereocenters. The van der Waals surface area contributed by atoms with Crippen molar-refractivity contribution in [3.8, 4) is 11.8 Å². The summed E-state index contributed by atoms with van der Waals surface area (Å²) in [4.78, 5) is 12.4. The average molecular weight is 631 g/mol. The molecule has 0 aliphatic rings. The highest BCUT2D eigenvalue weighted by atomic mass is 79.9. The molecule has 0 aromatic heterocycles. The van der Waals surface area contributed by atoms with E-state index in [1.165, 1.54) is 42.5 Å². The van der Waals surface area contributed by atoms with Crippen LogP contribution in [0.25, 0.3) is 6.08 Å². The maximum atomic E-state index is 12.6. The number of benzene rings is 3. The first-order valence-electron chi connectivity index (χ1n) is 8.97. The molecule has 6 nitrogen and oxygen atoms in total. The Bertz CT molecular complexity index is 1380. The lowest BCUT2D eigenvalue weighted by atomic mass is 10.1. The van der Waals surface area contributed by atoms with Crippen LogP contribution in [0.2, 0.25) is 10.0 Å². The van der Waals surface area contributed by atoms with E-state index in [1.807, 2.05) is 6.07 Å². The first-order chi connectivity index (χ1) is 15.6. The predicted octanol–water partition coefficient (Wildman–Crippen LogP) is 6.83. The first kappa shape index (κ1) is 25.3. The molecule has 3 aromatic rings. The van der Waals surface area contributed by atoms with Gasteiger partial charge in [-0.2, -0.15) is 13.7 Å². The molecular weight excluding hydrogens is 619 g/mol. The van der Waals surface area contributed by atoms with Crippen molar-refractivity contribution in [3.63, 3.8) is 0 Å². The van der Waals surface area contributed by atoms with Crippen molar-refractivity contribution in [3.05, 3.63) is 90.8 Å². The number of rotatable bonds is 6. The zero-order valence-electron chi connectivity index (χ0n) is 16.4. The molecule has 0 aliphatic heterocycles. The van der Waals surface area contributed by atoms with Gasteiger partial charge in [0.25, 0.3) is 5.91 Å². The minimum absolute atomic E-state index is 0.00104. The maximum Gasteiger partial charge on any atom is 0.339 e. The summed E-state index contributed by atoms with van der Waals surface area (Å²) in [6.07, 6.45) is 1.35. The van der Waals surface area contributed by atoms with Gasteiger partial charge in [-0.15, -0.1) is 0 Å². The molecule has 3 aromatic carbocycles. The van der Waals surface area contributed by atoms with E-state index < -0.39 is 16.0 Å². The molecule has 0 spiro atoms. The quantitative estimate of drug-likeness (QED) is 0.183. The number of nitrogens with zero attached hydrogens (tertiary/aromatic N) is 1. The SMILES string of the molecule is N#C/C(=C\c1cc(Br)c(OS(=O)(=O)c2ccc(Cl)cc2)c(Br)c1)C(=O)Nc1ccccc1Cl. The van der Waals surface area contributed by atoms with E-state index >= 15 is 0 Å². The summed E-state index contributed by atoms with van der Waals surface area (Å²) in [5.74, 6) is -0.649. The van der Waals surface area contributed by atoms with Gasteiger partial charge in [-0.1, -0.05) is 35.3 Å². The van der Waals surface area contributed by atoms with Crippen molar-refractivity contribution >= 4 is 82.9 Å². The Balaban J connectivity index is 1.87. The van der Waals surface area contributed by atoms with E-state index in [9.17, 15) is 18.5 Å². The van der Waals surface area contributed by atoms with Gasteiger partial charge in [0.05, 0.1) is 19.7 Å². The lowest BCUT2D eigenvalue weighted by Gasteiger charge is -2.12. The molecule has 33 heavy (non-hydrogen) atoms. The first-order valence-corrected chi connectivity index (χ1v) is 12.7. The Labute approximate surface area is 217 Å². The fraction of sp³-hybridized carbons (Fsp3) is 0. The highest BCUT2D eigenvalue weighted by Gasteiger charge is 2.21. The molecule has 0 aliphatic carbocycles. The number of hydrogen-bond acceptors (Lipinski definition) is 5. The lowest BCUT2D eigenvalue weighted by molar-refractivity contribution is -0.112. The number of nitriles is 1. The van der Waals surface area contributed by atoms with Gasteiger partial charge in [0.1, 0.15) is 16.5 Å². The van der Waals surface area contributed by atoms with E-state index in [4.69, 9.17) is 27.4 Å². The minimum atomic E-state index is -4.13. The van der Waals surface area contributed by atoms with Crippen LogP contribution >= 0.6 is 55.1 Å².